The number of aryl methyl sites for hydroxylation is 2. The van der Waals surface area contributed by atoms with E-state index in [0.29, 0.717) is 0 Å². The molecule has 19 heavy (non-hydrogen) atoms. The molecule has 3 rings (SSSR count). The van der Waals surface area contributed by atoms with Crippen molar-refractivity contribution in [1.82, 2.24) is 0 Å². The Morgan fingerprint density at radius 1 is 1.16 bits per heavy atom. The summed E-state index contributed by atoms with van der Waals surface area (Å²) in [7, 11) is 0. The van der Waals surface area contributed by atoms with E-state index in [-0.39, 0.29) is 10.0 Å². The van der Waals surface area contributed by atoms with Gasteiger partial charge in [0.05, 0.1) is 10.5 Å². The molecule has 0 saturated heterocycles. The minimum absolute atomic E-state index is 0.120. The molecular formula is C14H12BrF2NS. The molecule has 1 heterocycles. The maximum Gasteiger partial charge on any atom is 0.137 e. The molecule has 0 spiro atoms. The van der Waals surface area contributed by atoms with Crippen LogP contribution in [0.15, 0.2) is 22.7 Å². The second-order valence-corrected chi connectivity index (χ2v) is 6.74. The SMILES string of the molecule is NC(c1cc2c(s1)CCC2)c1cc(F)c(Br)cc1F. The molecule has 2 aromatic rings. The van der Waals surface area contributed by atoms with E-state index >= 15 is 0 Å². The molecule has 1 atom stereocenters. The lowest BCUT2D eigenvalue weighted by atomic mass is 10.0. The molecule has 1 aliphatic carbocycles. The summed E-state index contributed by atoms with van der Waals surface area (Å²) in [5, 5.41) is 0. The van der Waals surface area contributed by atoms with Crippen LogP contribution in [0.3, 0.4) is 0 Å². The Balaban J connectivity index is 1.99. The Hall–Kier alpha value is -0.780. The molecule has 0 saturated carbocycles. The fraction of sp³-hybridized carbons (Fsp3) is 0.286. The zero-order valence-corrected chi connectivity index (χ0v) is 12.5. The number of hydrogen-bond acceptors (Lipinski definition) is 2. The summed E-state index contributed by atoms with van der Waals surface area (Å²) in [5.74, 6) is -0.967. The number of nitrogens with two attached hydrogens (primary N) is 1. The van der Waals surface area contributed by atoms with Crippen LogP contribution in [0.25, 0.3) is 0 Å². The van der Waals surface area contributed by atoms with Gasteiger partial charge in [0.15, 0.2) is 0 Å². The molecule has 1 aromatic heterocycles. The van der Waals surface area contributed by atoms with Gasteiger partial charge in [0.25, 0.3) is 0 Å². The van der Waals surface area contributed by atoms with Gasteiger partial charge in [-0.05, 0) is 59.0 Å². The fourth-order valence-corrected chi connectivity index (χ4v) is 4.03. The van der Waals surface area contributed by atoms with Crippen LogP contribution in [-0.2, 0) is 12.8 Å². The van der Waals surface area contributed by atoms with Crippen molar-refractivity contribution in [3.05, 3.63) is 55.2 Å². The normalized spacial score (nSPS) is 15.6. The van der Waals surface area contributed by atoms with Crippen molar-refractivity contribution in [3.63, 3.8) is 0 Å². The lowest BCUT2D eigenvalue weighted by Gasteiger charge is -2.12. The molecule has 100 valence electrons. The van der Waals surface area contributed by atoms with Gasteiger partial charge in [-0.15, -0.1) is 11.3 Å². The Bertz CT molecular complexity index is 617. The van der Waals surface area contributed by atoms with Gasteiger partial charge >= 0.3 is 0 Å². The molecule has 1 unspecified atom stereocenters. The summed E-state index contributed by atoms with van der Waals surface area (Å²) < 4.78 is 27.5. The lowest BCUT2D eigenvalue weighted by molar-refractivity contribution is 0.573. The molecule has 5 heteroatoms. The summed E-state index contributed by atoms with van der Waals surface area (Å²) in [4.78, 5) is 2.24. The highest BCUT2D eigenvalue weighted by atomic mass is 79.9. The second kappa shape index (κ2) is 4.96. The van der Waals surface area contributed by atoms with Crippen LogP contribution < -0.4 is 5.73 Å². The number of benzene rings is 1. The van der Waals surface area contributed by atoms with Crippen molar-refractivity contribution in [2.24, 2.45) is 5.73 Å². The van der Waals surface area contributed by atoms with E-state index in [1.54, 1.807) is 11.3 Å². The van der Waals surface area contributed by atoms with Crippen molar-refractivity contribution in [2.75, 3.05) is 0 Å². The fourth-order valence-electron chi connectivity index (χ4n) is 2.43. The van der Waals surface area contributed by atoms with Gasteiger partial charge in [0.2, 0.25) is 0 Å². The van der Waals surface area contributed by atoms with Gasteiger partial charge in [-0.3, -0.25) is 0 Å². The van der Waals surface area contributed by atoms with Crippen LogP contribution in [0, 0.1) is 11.6 Å². The minimum Gasteiger partial charge on any atom is -0.320 e. The van der Waals surface area contributed by atoms with Crippen molar-refractivity contribution < 1.29 is 8.78 Å². The number of hydrogen-bond donors (Lipinski definition) is 1. The van der Waals surface area contributed by atoms with E-state index in [4.69, 9.17) is 5.73 Å². The van der Waals surface area contributed by atoms with Crippen molar-refractivity contribution >= 4 is 27.3 Å². The van der Waals surface area contributed by atoms with E-state index in [1.165, 1.54) is 22.9 Å². The van der Waals surface area contributed by atoms with Gasteiger partial charge in [0, 0.05) is 15.3 Å². The first-order chi connectivity index (χ1) is 9.06. The molecule has 1 aliphatic rings. The van der Waals surface area contributed by atoms with E-state index in [9.17, 15) is 8.78 Å². The minimum atomic E-state index is -0.599. The molecule has 0 amide bonds. The average molecular weight is 344 g/mol. The van der Waals surface area contributed by atoms with Crippen molar-refractivity contribution in [3.8, 4) is 0 Å². The Morgan fingerprint density at radius 3 is 2.68 bits per heavy atom. The van der Waals surface area contributed by atoms with Crippen molar-refractivity contribution in [2.45, 2.75) is 25.3 Å². The largest absolute Gasteiger partial charge is 0.320 e. The first-order valence-electron chi connectivity index (χ1n) is 6.08. The average Bonchev–Trinajstić information content (AvgIpc) is 2.93. The third-order valence-electron chi connectivity index (χ3n) is 3.45. The van der Waals surface area contributed by atoms with Crippen LogP contribution in [0.2, 0.25) is 0 Å². The summed E-state index contributed by atoms with van der Waals surface area (Å²) in [6.45, 7) is 0. The highest BCUT2D eigenvalue weighted by Crippen LogP contribution is 2.36. The molecule has 0 bridgehead atoms. The van der Waals surface area contributed by atoms with E-state index in [2.05, 4.69) is 15.9 Å². The summed E-state index contributed by atoms with van der Waals surface area (Å²) in [5.41, 5.74) is 7.61. The second-order valence-electron chi connectivity index (χ2n) is 4.72. The predicted molar refractivity (Wildman–Crippen MR) is 76.4 cm³/mol. The molecular weight excluding hydrogens is 332 g/mol. The smallest absolute Gasteiger partial charge is 0.137 e. The van der Waals surface area contributed by atoms with Crippen molar-refractivity contribution in [1.29, 1.82) is 0 Å². The Kier molecular flexibility index (Phi) is 3.45. The summed E-state index contributed by atoms with van der Waals surface area (Å²) in [6, 6.07) is 3.75. The summed E-state index contributed by atoms with van der Waals surface area (Å²) in [6.07, 6.45) is 3.32. The van der Waals surface area contributed by atoms with Crippen LogP contribution in [0.1, 0.15) is 33.3 Å². The highest BCUT2D eigenvalue weighted by Gasteiger charge is 2.22. The topological polar surface area (TPSA) is 26.0 Å². The van der Waals surface area contributed by atoms with Gasteiger partial charge in [-0.1, -0.05) is 0 Å². The molecule has 1 nitrogen and oxygen atoms in total. The zero-order valence-electron chi connectivity index (χ0n) is 10.1. The zero-order chi connectivity index (χ0) is 13.6. The number of thiophene rings is 1. The van der Waals surface area contributed by atoms with Crippen LogP contribution in [0.5, 0.6) is 0 Å². The molecule has 1 aromatic carbocycles. The van der Waals surface area contributed by atoms with Gasteiger partial charge in [0.1, 0.15) is 11.6 Å². The standard InChI is InChI=1S/C14H12BrF2NS/c15-9-6-10(16)8(5-11(9)17)14(18)13-4-7-2-1-3-12(7)19-13/h4-6,14H,1-3,18H2. The van der Waals surface area contributed by atoms with E-state index < -0.39 is 17.7 Å². The maximum absolute atomic E-state index is 13.9. The van der Waals surface area contributed by atoms with E-state index in [1.807, 2.05) is 6.07 Å². The molecule has 0 radical (unpaired) electrons. The maximum atomic E-state index is 13.9. The number of halogens is 3. The van der Waals surface area contributed by atoms with Gasteiger partial charge in [-0.2, -0.15) is 0 Å². The van der Waals surface area contributed by atoms with Gasteiger partial charge in [-0.25, -0.2) is 8.78 Å². The first kappa shape index (κ1) is 13.2. The molecule has 0 aliphatic heterocycles. The van der Waals surface area contributed by atoms with Crippen LogP contribution in [0.4, 0.5) is 8.78 Å². The molecule has 0 fully saturated rings. The van der Waals surface area contributed by atoms with Crippen LogP contribution in [-0.4, -0.2) is 0 Å². The first-order valence-corrected chi connectivity index (χ1v) is 7.68. The quantitative estimate of drug-likeness (QED) is 0.807. The van der Waals surface area contributed by atoms with Crippen LogP contribution >= 0.6 is 27.3 Å². The van der Waals surface area contributed by atoms with Gasteiger partial charge < -0.3 is 5.73 Å². The third-order valence-corrected chi connectivity index (χ3v) is 5.37. The van der Waals surface area contributed by atoms with E-state index in [0.717, 1.165) is 23.8 Å². The summed E-state index contributed by atoms with van der Waals surface area (Å²) >= 11 is 4.59. The lowest BCUT2D eigenvalue weighted by Crippen LogP contribution is -2.13. The predicted octanol–water partition coefficient (Wildman–Crippen LogP) is 4.33. The molecule has 2 N–H and O–H groups in total. The monoisotopic (exact) mass is 343 g/mol. The third kappa shape index (κ3) is 2.35. The number of rotatable bonds is 2. The Labute approximate surface area is 122 Å². The Morgan fingerprint density at radius 2 is 1.95 bits per heavy atom. The number of fused-ring (bicyclic) bond motifs is 1. The highest BCUT2D eigenvalue weighted by molar-refractivity contribution is 9.10.